The lowest BCUT2D eigenvalue weighted by molar-refractivity contribution is -0.139. The smallest absolute Gasteiger partial charge is 0.328 e. The molecule has 10 heteroatoms. The molecule has 0 fully saturated rings. The molecule has 0 aliphatic heterocycles. The van der Waals surface area contributed by atoms with Crippen molar-refractivity contribution in [3.63, 3.8) is 0 Å². The molecule has 3 N–H and O–H groups in total. The van der Waals surface area contributed by atoms with Gasteiger partial charge < -0.3 is 25.2 Å². The second-order valence-corrected chi connectivity index (χ2v) is 7.47. The molecule has 166 valence electrons. The van der Waals surface area contributed by atoms with E-state index in [1.165, 1.54) is 25.3 Å². The number of carboxylic acids is 2. The Kier molecular flexibility index (Phi) is 8.96. The van der Waals surface area contributed by atoms with E-state index in [0.29, 0.717) is 22.9 Å². The molecule has 0 spiro atoms. The van der Waals surface area contributed by atoms with Crippen molar-refractivity contribution in [2.75, 3.05) is 25.1 Å². The van der Waals surface area contributed by atoms with Gasteiger partial charge >= 0.3 is 11.9 Å². The number of halogens is 2. The Morgan fingerprint density at radius 1 is 1.10 bits per heavy atom. The molecule has 1 atom stereocenters. The molecule has 8 nitrogen and oxygen atoms in total. The van der Waals surface area contributed by atoms with Crippen LogP contribution in [0.25, 0.3) is 0 Å². The van der Waals surface area contributed by atoms with Crippen LogP contribution < -0.4 is 15.0 Å². The highest BCUT2D eigenvalue weighted by atomic mass is 35.5. The Bertz CT molecular complexity index is 936. The van der Waals surface area contributed by atoms with E-state index in [1.54, 1.807) is 29.2 Å². The third kappa shape index (κ3) is 7.34. The fraction of sp³-hybridized carbons (Fsp3) is 0.286. The second kappa shape index (κ2) is 11.4. The second-order valence-electron chi connectivity index (χ2n) is 6.63. The number of hydrogen-bond acceptors (Lipinski definition) is 5. The number of rotatable bonds is 11. The molecule has 0 aliphatic rings. The monoisotopic (exact) mass is 468 g/mol. The third-order valence-electron chi connectivity index (χ3n) is 4.44. The van der Waals surface area contributed by atoms with Gasteiger partial charge in [0.15, 0.2) is 0 Å². The molecule has 0 radical (unpaired) electrons. The van der Waals surface area contributed by atoms with Gasteiger partial charge in [-0.1, -0.05) is 23.2 Å². The van der Waals surface area contributed by atoms with E-state index in [4.69, 9.17) is 33.0 Å². The van der Waals surface area contributed by atoms with Gasteiger partial charge in [-0.05, 0) is 48.9 Å². The van der Waals surface area contributed by atoms with Crippen molar-refractivity contribution in [2.45, 2.75) is 18.9 Å². The minimum Gasteiger partial charge on any atom is -0.497 e. The van der Waals surface area contributed by atoms with Gasteiger partial charge in [0.1, 0.15) is 11.8 Å². The predicted molar refractivity (Wildman–Crippen MR) is 117 cm³/mol. The summed E-state index contributed by atoms with van der Waals surface area (Å²) in [5.74, 6) is -2.23. The number of carbonyl (C=O) groups excluding carboxylic acids is 1. The maximum absolute atomic E-state index is 12.6. The number of methoxy groups -OCH3 is 1. The maximum atomic E-state index is 12.6. The van der Waals surface area contributed by atoms with Crippen LogP contribution in [0.5, 0.6) is 5.75 Å². The molecule has 1 unspecified atom stereocenters. The number of ether oxygens (including phenoxy) is 1. The SMILES string of the molecule is COc1ccc(N(CCCC(=O)O)CC(NC(=O)c2ccc(Cl)cc2Cl)C(=O)O)cc1. The van der Waals surface area contributed by atoms with Crippen molar-refractivity contribution in [3.05, 3.63) is 58.1 Å². The Balaban J connectivity index is 2.20. The van der Waals surface area contributed by atoms with Gasteiger partial charge in [-0.15, -0.1) is 0 Å². The highest BCUT2D eigenvalue weighted by Crippen LogP contribution is 2.22. The van der Waals surface area contributed by atoms with Crippen molar-refractivity contribution >= 4 is 46.7 Å². The lowest BCUT2D eigenvalue weighted by atomic mass is 10.1. The van der Waals surface area contributed by atoms with Crippen LogP contribution in [0.4, 0.5) is 5.69 Å². The molecule has 0 heterocycles. The number of nitrogens with one attached hydrogen (secondary N) is 1. The molecule has 1 amide bonds. The molecular formula is C21H22Cl2N2O6. The molecule has 2 aromatic carbocycles. The van der Waals surface area contributed by atoms with Crippen LogP contribution in [0, 0.1) is 0 Å². The van der Waals surface area contributed by atoms with Gasteiger partial charge in [0.05, 0.1) is 17.7 Å². The zero-order valence-electron chi connectivity index (χ0n) is 16.7. The summed E-state index contributed by atoms with van der Waals surface area (Å²) in [5.41, 5.74) is 0.760. The van der Waals surface area contributed by atoms with Gasteiger partial charge in [-0.3, -0.25) is 9.59 Å². The van der Waals surface area contributed by atoms with Gasteiger partial charge in [0, 0.05) is 30.2 Å². The summed E-state index contributed by atoms with van der Waals surface area (Å²) < 4.78 is 5.13. The highest BCUT2D eigenvalue weighted by Gasteiger charge is 2.25. The zero-order valence-corrected chi connectivity index (χ0v) is 18.2. The number of benzene rings is 2. The van der Waals surface area contributed by atoms with Crippen LogP contribution >= 0.6 is 23.2 Å². The summed E-state index contributed by atoms with van der Waals surface area (Å²) in [6.07, 6.45) is 0.224. The summed E-state index contributed by atoms with van der Waals surface area (Å²) in [7, 11) is 1.53. The van der Waals surface area contributed by atoms with Crippen LogP contribution in [-0.2, 0) is 9.59 Å². The summed E-state index contributed by atoms with van der Waals surface area (Å²) in [6, 6.07) is 9.89. The number of aliphatic carboxylic acids is 2. The lowest BCUT2D eigenvalue weighted by Crippen LogP contribution is -2.49. The molecule has 0 bridgehead atoms. The average molecular weight is 469 g/mol. The summed E-state index contributed by atoms with van der Waals surface area (Å²) in [4.78, 5) is 37.0. The number of anilines is 1. The van der Waals surface area contributed by atoms with Crippen molar-refractivity contribution in [2.24, 2.45) is 0 Å². The third-order valence-corrected chi connectivity index (χ3v) is 4.99. The Morgan fingerprint density at radius 2 is 1.77 bits per heavy atom. The van der Waals surface area contributed by atoms with E-state index >= 15 is 0 Å². The summed E-state index contributed by atoms with van der Waals surface area (Å²) in [5, 5.41) is 21.5. The number of carbonyl (C=O) groups is 3. The molecule has 0 saturated carbocycles. The van der Waals surface area contributed by atoms with Crippen LogP contribution in [-0.4, -0.2) is 54.3 Å². The van der Waals surface area contributed by atoms with Crippen molar-refractivity contribution < 1.29 is 29.3 Å². The molecule has 2 rings (SSSR count). The van der Waals surface area contributed by atoms with Crippen LogP contribution in [0.3, 0.4) is 0 Å². The average Bonchev–Trinajstić information content (AvgIpc) is 2.71. The van der Waals surface area contributed by atoms with Crippen LogP contribution in [0.2, 0.25) is 10.0 Å². The van der Waals surface area contributed by atoms with E-state index in [1.807, 2.05) is 0 Å². The van der Waals surface area contributed by atoms with E-state index in [-0.39, 0.29) is 30.1 Å². The van der Waals surface area contributed by atoms with Crippen molar-refractivity contribution in [3.8, 4) is 5.75 Å². The van der Waals surface area contributed by atoms with Gasteiger partial charge in [0.2, 0.25) is 0 Å². The van der Waals surface area contributed by atoms with E-state index in [2.05, 4.69) is 5.32 Å². The fourth-order valence-corrected chi connectivity index (χ4v) is 3.35. The van der Waals surface area contributed by atoms with Crippen LogP contribution in [0.1, 0.15) is 23.2 Å². The molecule has 2 aromatic rings. The Morgan fingerprint density at radius 3 is 2.32 bits per heavy atom. The molecule has 0 aromatic heterocycles. The number of hydrogen-bond donors (Lipinski definition) is 3. The molecular weight excluding hydrogens is 447 g/mol. The number of nitrogens with zero attached hydrogens (tertiary/aromatic N) is 1. The standard InChI is InChI=1S/C21H22Cl2N2O6/c1-31-15-7-5-14(6-8-15)25(10-2-3-19(26)27)12-18(21(29)30)24-20(28)16-9-4-13(22)11-17(16)23/h4-9,11,18H,2-3,10,12H2,1H3,(H,24,28)(H,26,27)(H,29,30). The molecule has 0 saturated heterocycles. The van der Waals surface area contributed by atoms with Gasteiger partial charge in [-0.2, -0.15) is 0 Å². The quantitative estimate of drug-likeness (QED) is 0.461. The number of amides is 1. The Hall–Kier alpha value is -2.97. The van der Waals surface area contributed by atoms with E-state index in [9.17, 15) is 19.5 Å². The normalized spacial score (nSPS) is 11.5. The largest absolute Gasteiger partial charge is 0.497 e. The first-order valence-corrected chi connectivity index (χ1v) is 10.1. The van der Waals surface area contributed by atoms with E-state index in [0.717, 1.165) is 0 Å². The van der Waals surface area contributed by atoms with Crippen LogP contribution in [0.15, 0.2) is 42.5 Å². The lowest BCUT2D eigenvalue weighted by Gasteiger charge is -2.28. The predicted octanol–water partition coefficient (Wildman–Crippen LogP) is 3.56. The summed E-state index contributed by atoms with van der Waals surface area (Å²) in [6.45, 7) is 0.193. The van der Waals surface area contributed by atoms with Gasteiger partial charge in [-0.25, -0.2) is 4.79 Å². The van der Waals surface area contributed by atoms with Crippen molar-refractivity contribution in [1.29, 1.82) is 0 Å². The topological polar surface area (TPSA) is 116 Å². The minimum absolute atomic E-state index is 0.0723. The first-order valence-electron chi connectivity index (χ1n) is 9.30. The van der Waals surface area contributed by atoms with E-state index < -0.39 is 23.9 Å². The molecule has 0 aliphatic carbocycles. The first-order chi connectivity index (χ1) is 14.7. The Labute approximate surface area is 189 Å². The fourth-order valence-electron chi connectivity index (χ4n) is 2.86. The number of carboxylic acid groups (broad SMARTS) is 2. The van der Waals surface area contributed by atoms with Crippen molar-refractivity contribution in [1.82, 2.24) is 5.32 Å². The summed E-state index contributed by atoms with van der Waals surface area (Å²) >= 11 is 11.9. The minimum atomic E-state index is -1.27. The maximum Gasteiger partial charge on any atom is 0.328 e. The highest BCUT2D eigenvalue weighted by molar-refractivity contribution is 6.36. The zero-order chi connectivity index (χ0) is 23.0. The first kappa shape index (κ1) is 24.3. The molecule has 31 heavy (non-hydrogen) atoms. The van der Waals surface area contributed by atoms with Gasteiger partial charge in [0.25, 0.3) is 5.91 Å².